The average Bonchev–Trinajstić information content (AvgIpc) is 2.87. The van der Waals surface area contributed by atoms with Gasteiger partial charge in [-0.2, -0.15) is 4.31 Å². The Balaban J connectivity index is 1.73. The molecule has 1 aliphatic rings. The second kappa shape index (κ2) is 8.01. The van der Waals surface area contributed by atoms with Crippen LogP contribution in [-0.2, 0) is 16.6 Å². The van der Waals surface area contributed by atoms with Crippen molar-refractivity contribution in [3.63, 3.8) is 0 Å². The predicted octanol–water partition coefficient (Wildman–Crippen LogP) is 2.48. The minimum Gasteiger partial charge on any atom is -0.361 e. The zero-order valence-electron chi connectivity index (χ0n) is 14.8. The summed E-state index contributed by atoms with van der Waals surface area (Å²) in [5, 5.41) is 6.54. The molecule has 3 rings (SSSR count). The first-order valence-electron chi connectivity index (χ1n) is 8.77. The van der Waals surface area contributed by atoms with Crippen LogP contribution in [0, 0.1) is 6.92 Å². The molecule has 0 unspecified atom stereocenters. The molecule has 1 aliphatic heterocycles. The van der Waals surface area contributed by atoms with E-state index in [-0.39, 0.29) is 17.3 Å². The van der Waals surface area contributed by atoms with Gasteiger partial charge >= 0.3 is 0 Å². The Morgan fingerprint density at radius 1 is 1.19 bits per heavy atom. The lowest BCUT2D eigenvalue weighted by atomic mass is 10.2. The van der Waals surface area contributed by atoms with E-state index in [2.05, 4.69) is 10.5 Å². The lowest BCUT2D eigenvalue weighted by Gasteiger charge is -2.20. The molecule has 0 saturated carbocycles. The molecule has 1 saturated heterocycles. The van der Waals surface area contributed by atoms with Gasteiger partial charge in [0.15, 0.2) is 0 Å². The van der Waals surface area contributed by atoms with Crippen LogP contribution in [0.15, 0.2) is 39.8 Å². The Labute approximate surface area is 153 Å². The van der Waals surface area contributed by atoms with Crippen LogP contribution >= 0.6 is 0 Å². The number of carbonyl (C=O) groups excluding carboxylic acids is 1. The SMILES string of the molecule is Cc1cc(CNC(=O)c2cccc(S(=O)(=O)N3CCCCCC3)c2)no1. The van der Waals surface area contributed by atoms with Crippen LogP contribution in [0.1, 0.15) is 47.5 Å². The Kier molecular flexibility index (Phi) is 5.73. The van der Waals surface area contributed by atoms with Gasteiger partial charge in [0.1, 0.15) is 11.5 Å². The largest absolute Gasteiger partial charge is 0.361 e. The fourth-order valence-electron chi connectivity index (χ4n) is 3.00. The molecule has 7 nitrogen and oxygen atoms in total. The van der Waals surface area contributed by atoms with Gasteiger partial charge in [0.05, 0.1) is 11.4 Å². The van der Waals surface area contributed by atoms with Gasteiger partial charge in [-0.15, -0.1) is 0 Å². The Morgan fingerprint density at radius 3 is 2.58 bits per heavy atom. The molecule has 1 amide bonds. The van der Waals surface area contributed by atoms with Crippen LogP contribution in [0.25, 0.3) is 0 Å². The summed E-state index contributed by atoms with van der Waals surface area (Å²) in [5.41, 5.74) is 0.922. The van der Waals surface area contributed by atoms with Gasteiger partial charge in [0.2, 0.25) is 10.0 Å². The van der Waals surface area contributed by atoms with E-state index in [9.17, 15) is 13.2 Å². The van der Waals surface area contributed by atoms with E-state index in [4.69, 9.17) is 4.52 Å². The number of carbonyl (C=O) groups is 1. The third kappa shape index (κ3) is 4.31. The average molecular weight is 377 g/mol. The lowest BCUT2D eigenvalue weighted by molar-refractivity contribution is 0.0950. The van der Waals surface area contributed by atoms with Crippen LogP contribution in [0.4, 0.5) is 0 Å². The van der Waals surface area contributed by atoms with E-state index in [1.807, 2.05) is 0 Å². The molecule has 0 radical (unpaired) electrons. The van der Waals surface area contributed by atoms with Gasteiger partial charge in [0.25, 0.3) is 5.91 Å². The Bertz CT molecular complexity index is 868. The van der Waals surface area contributed by atoms with E-state index in [0.29, 0.717) is 30.1 Å². The quantitative estimate of drug-likeness (QED) is 0.864. The second-order valence-electron chi connectivity index (χ2n) is 6.46. The van der Waals surface area contributed by atoms with E-state index < -0.39 is 10.0 Å². The fourth-order valence-corrected chi connectivity index (χ4v) is 4.57. The van der Waals surface area contributed by atoms with Gasteiger partial charge in [-0.25, -0.2) is 8.42 Å². The molecule has 1 N–H and O–H groups in total. The molecule has 0 bridgehead atoms. The molecule has 0 spiro atoms. The fraction of sp³-hybridized carbons (Fsp3) is 0.444. The first-order valence-corrected chi connectivity index (χ1v) is 10.2. The van der Waals surface area contributed by atoms with Crippen LogP contribution < -0.4 is 5.32 Å². The maximum absolute atomic E-state index is 12.9. The highest BCUT2D eigenvalue weighted by atomic mass is 32.2. The highest BCUT2D eigenvalue weighted by Gasteiger charge is 2.25. The summed E-state index contributed by atoms with van der Waals surface area (Å²) in [6.07, 6.45) is 3.85. The molecule has 140 valence electrons. The minimum atomic E-state index is -3.58. The van der Waals surface area contributed by atoms with Gasteiger partial charge in [-0.05, 0) is 38.0 Å². The number of aromatic nitrogens is 1. The number of aryl methyl sites for hydroxylation is 1. The predicted molar refractivity (Wildman–Crippen MR) is 96.1 cm³/mol. The van der Waals surface area contributed by atoms with Crippen LogP contribution in [-0.4, -0.2) is 36.9 Å². The normalized spacial score (nSPS) is 16.2. The number of hydrogen-bond donors (Lipinski definition) is 1. The summed E-state index contributed by atoms with van der Waals surface area (Å²) in [6.45, 7) is 3.06. The first kappa shape index (κ1) is 18.6. The van der Waals surface area contributed by atoms with Crippen LogP contribution in [0.2, 0.25) is 0 Å². The second-order valence-corrected chi connectivity index (χ2v) is 8.40. The third-order valence-corrected chi connectivity index (χ3v) is 6.30. The van der Waals surface area contributed by atoms with Crippen molar-refractivity contribution in [3.05, 3.63) is 47.3 Å². The van der Waals surface area contributed by atoms with Crippen molar-refractivity contribution in [2.75, 3.05) is 13.1 Å². The molecule has 1 fully saturated rings. The van der Waals surface area contributed by atoms with Crippen molar-refractivity contribution >= 4 is 15.9 Å². The molecule has 1 aromatic heterocycles. The number of benzene rings is 1. The summed E-state index contributed by atoms with van der Waals surface area (Å²) in [7, 11) is -3.58. The van der Waals surface area contributed by atoms with Crippen LogP contribution in [0.5, 0.6) is 0 Å². The summed E-state index contributed by atoms with van der Waals surface area (Å²) in [6, 6.07) is 7.91. The molecule has 8 heteroatoms. The number of nitrogens with one attached hydrogen (secondary N) is 1. The topological polar surface area (TPSA) is 92.5 Å². The monoisotopic (exact) mass is 377 g/mol. The summed E-state index contributed by atoms with van der Waals surface area (Å²) < 4.78 is 32.2. The Morgan fingerprint density at radius 2 is 1.92 bits per heavy atom. The molecule has 0 atom stereocenters. The van der Waals surface area contributed by atoms with Gasteiger partial charge in [-0.1, -0.05) is 24.1 Å². The van der Waals surface area contributed by atoms with E-state index in [1.165, 1.54) is 16.4 Å². The van der Waals surface area contributed by atoms with E-state index >= 15 is 0 Å². The maximum atomic E-state index is 12.9. The zero-order valence-corrected chi connectivity index (χ0v) is 15.6. The molecule has 0 aliphatic carbocycles. The van der Waals surface area contributed by atoms with Crippen LogP contribution in [0.3, 0.4) is 0 Å². The molecule has 2 aromatic rings. The lowest BCUT2D eigenvalue weighted by Crippen LogP contribution is -2.32. The molecule has 26 heavy (non-hydrogen) atoms. The zero-order chi connectivity index (χ0) is 18.6. The van der Waals surface area contributed by atoms with Crippen molar-refractivity contribution in [1.29, 1.82) is 0 Å². The summed E-state index contributed by atoms with van der Waals surface area (Å²) in [4.78, 5) is 12.5. The standard InChI is InChI=1S/C18H23N3O4S/c1-14-11-16(20-25-14)13-19-18(22)15-7-6-8-17(12-15)26(23,24)21-9-4-2-3-5-10-21/h6-8,11-12H,2-5,9-10,13H2,1H3,(H,19,22). The number of rotatable bonds is 5. The number of nitrogens with zero attached hydrogens (tertiary/aromatic N) is 2. The van der Waals surface area contributed by atoms with Crippen molar-refractivity contribution < 1.29 is 17.7 Å². The van der Waals surface area contributed by atoms with Crippen molar-refractivity contribution in [1.82, 2.24) is 14.8 Å². The smallest absolute Gasteiger partial charge is 0.251 e. The molecular formula is C18H23N3O4S. The van der Waals surface area contributed by atoms with Gasteiger partial charge in [0, 0.05) is 24.7 Å². The first-order chi connectivity index (χ1) is 12.5. The molecule has 2 heterocycles. The van der Waals surface area contributed by atoms with Crippen molar-refractivity contribution in [3.8, 4) is 0 Å². The van der Waals surface area contributed by atoms with E-state index in [1.54, 1.807) is 25.1 Å². The van der Waals surface area contributed by atoms with E-state index in [0.717, 1.165) is 25.7 Å². The van der Waals surface area contributed by atoms with Crippen molar-refractivity contribution in [2.45, 2.75) is 44.0 Å². The molecular weight excluding hydrogens is 354 g/mol. The van der Waals surface area contributed by atoms with Gasteiger partial charge < -0.3 is 9.84 Å². The number of amides is 1. The number of sulfonamides is 1. The summed E-state index contributed by atoms with van der Waals surface area (Å²) in [5.74, 6) is 0.318. The van der Waals surface area contributed by atoms with Crippen molar-refractivity contribution in [2.24, 2.45) is 0 Å². The minimum absolute atomic E-state index is 0.157. The highest BCUT2D eigenvalue weighted by Crippen LogP contribution is 2.21. The maximum Gasteiger partial charge on any atom is 0.251 e. The number of hydrogen-bond acceptors (Lipinski definition) is 5. The molecule has 1 aromatic carbocycles. The highest BCUT2D eigenvalue weighted by molar-refractivity contribution is 7.89. The Hall–Kier alpha value is -2.19. The summed E-state index contributed by atoms with van der Waals surface area (Å²) >= 11 is 0. The third-order valence-electron chi connectivity index (χ3n) is 4.41. The van der Waals surface area contributed by atoms with Gasteiger partial charge in [-0.3, -0.25) is 4.79 Å².